The fourth-order valence-corrected chi connectivity index (χ4v) is 3.80. The summed E-state index contributed by atoms with van der Waals surface area (Å²) in [5.74, 6) is 0. The molecule has 3 aromatic rings. The molecule has 2 heterocycles. The lowest BCUT2D eigenvalue weighted by Gasteiger charge is -2.17. The van der Waals surface area contributed by atoms with Crippen molar-refractivity contribution in [2.24, 2.45) is 0 Å². The minimum absolute atomic E-state index is 0. The van der Waals surface area contributed by atoms with Crippen LogP contribution >= 0.6 is 28.3 Å². The van der Waals surface area contributed by atoms with Crippen LogP contribution < -0.4 is 10.2 Å². The van der Waals surface area contributed by atoms with Gasteiger partial charge in [0.2, 0.25) is 0 Å². The number of nitrogens with one attached hydrogen (secondary N) is 1. The van der Waals surface area contributed by atoms with E-state index < -0.39 is 0 Å². The summed E-state index contributed by atoms with van der Waals surface area (Å²) in [7, 11) is 0. The fraction of sp³-hybridized carbons (Fsp3) is 0.250. The Hall–Kier alpha value is -1.85. The zero-order valence-corrected chi connectivity index (χ0v) is 16.5. The van der Waals surface area contributed by atoms with Crippen molar-refractivity contribution in [2.45, 2.75) is 19.4 Å². The maximum atomic E-state index is 4.72. The van der Waals surface area contributed by atoms with Gasteiger partial charge in [-0.25, -0.2) is 4.98 Å². The van der Waals surface area contributed by atoms with Crippen LogP contribution in [-0.2, 0) is 6.54 Å². The average Bonchev–Trinajstić information content (AvgIpc) is 3.33. The van der Waals surface area contributed by atoms with Crippen molar-refractivity contribution in [2.75, 3.05) is 23.3 Å². The molecule has 1 aliphatic heterocycles. The summed E-state index contributed by atoms with van der Waals surface area (Å²) in [5.41, 5.74) is 4.82. The van der Waals surface area contributed by atoms with Crippen molar-refractivity contribution in [3.63, 3.8) is 0 Å². The summed E-state index contributed by atoms with van der Waals surface area (Å²) in [6.45, 7) is 3.18. The first kappa shape index (κ1) is 18.0. The molecule has 0 unspecified atom stereocenters. The van der Waals surface area contributed by atoms with Gasteiger partial charge in [0.25, 0.3) is 0 Å². The van der Waals surface area contributed by atoms with Crippen molar-refractivity contribution < 1.29 is 0 Å². The molecule has 0 aliphatic carbocycles. The second-order valence-corrected chi connectivity index (χ2v) is 6.98. The summed E-state index contributed by atoms with van der Waals surface area (Å²) in [6.07, 6.45) is 2.62. The monoisotopic (exact) mass is 415 g/mol. The molecule has 0 atom stereocenters. The molecule has 130 valence electrons. The molecule has 1 fully saturated rings. The molecule has 0 saturated carbocycles. The van der Waals surface area contributed by atoms with Gasteiger partial charge in [0.15, 0.2) is 5.13 Å². The van der Waals surface area contributed by atoms with Crippen molar-refractivity contribution in [1.82, 2.24) is 4.98 Å². The van der Waals surface area contributed by atoms with Crippen molar-refractivity contribution in [3.8, 4) is 11.3 Å². The lowest BCUT2D eigenvalue weighted by molar-refractivity contribution is 0.949. The van der Waals surface area contributed by atoms with Crippen LogP contribution in [0.2, 0.25) is 0 Å². The summed E-state index contributed by atoms with van der Waals surface area (Å²) < 4.78 is 0. The number of rotatable bonds is 5. The molecule has 4 rings (SSSR count). The van der Waals surface area contributed by atoms with Crippen molar-refractivity contribution in [3.05, 3.63) is 65.5 Å². The highest BCUT2D eigenvalue weighted by molar-refractivity contribution is 8.93. The lowest BCUT2D eigenvalue weighted by Crippen LogP contribution is -2.17. The molecular formula is C20H22BrN3S. The first-order valence-corrected chi connectivity index (χ1v) is 9.35. The number of hydrogen-bond donors (Lipinski definition) is 1. The highest BCUT2D eigenvalue weighted by Crippen LogP contribution is 2.28. The van der Waals surface area contributed by atoms with Crippen LogP contribution in [0.4, 0.5) is 10.8 Å². The van der Waals surface area contributed by atoms with E-state index in [-0.39, 0.29) is 17.0 Å². The van der Waals surface area contributed by atoms with Crippen LogP contribution in [0, 0.1) is 0 Å². The van der Waals surface area contributed by atoms with Gasteiger partial charge in [-0.15, -0.1) is 28.3 Å². The van der Waals surface area contributed by atoms with Crippen LogP contribution in [0.25, 0.3) is 11.3 Å². The SMILES string of the molecule is Br.c1ccc(CNc2nc(-c3ccc(N4CCCC4)cc3)cs2)cc1. The number of nitrogens with zero attached hydrogens (tertiary/aromatic N) is 2. The van der Waals surface area contributed by atoms with Crippen LogP contribution in [-0.4, -0.2) is 18.1 Å². The van der Waals surface area contributed by atoms with Crippen LogP contribution in [0.3, 0.4) is 0 Å². The Labute approximate surface area is 163 Å². The smallest absolute Gasteiger partial charge is 0.183 e. The molecule has 0 amide bonds. The summed E-state index contributed by atoms with van der Waals surface area (Å²) in [5, 5.41) is 6.50. The predicted molar refractivity (Wildman–Crippen MR) is 113 cm³/mol. The van der Waals surface area contributed by atoms with Gasteiger partial charge in [0.1, 0.15) is 0 Å². The number of halogens is 1. The molecule has 3 nitrogen and oxygen atoms in total. The zero-order valence-electron chi connectivity index (χ0n) is 14.0. The first-order valence-electron chi connectivity index (χ1n) is 8.47. The molecule has 1 saturated heterocycles. The van der Waals surface area contributed by atoms with E-state index in [9.17, 15) is 0 Å². The van der Waals surface area contributed by atoms with Crippen LogP contribution in [0.1, 0.15) is 18.4 Å². The van der Waals surface area contributed by atoms with Gasteiger partial charge in [-0.3, -0.25) is 0 Å². The third kappa shape index (κ3) is 4.41. The van der Waals surface area contributed by atoms with E-state index in [1.54, 1.807) is 11.3 Å². The van der Waals surface area contributed by atoms with Gasteiger partial charge in [-0.05, 0) is 30.5 Å². The van der Waals surface area contributed by atoms with E-state index in [4.69, 9.17) is 4.98 Å². The molecule has 1 N–H and O–H groups in total. The number of aromatic nitrogens is 1. The Balaban J connectivity index is 0.00000182. The Morgan fingerprint density at radius 1 is 0.960 bits per heavy atom. The van der Waals surface area contributed by atoms with E-state index in [0.717, 1.165) is 17.4 Å². The van der Waals surface area contributed by atoms with Crippen molar-refractivity contribution >= 4 is 39.1 Å². The second-order valence-electron chi connectivity index (χ2n) is 6.12. The van der Waals surface area contributed by atoms with Crippen LogP contribution in [0.15, 0.2) is 60.0 Å². The van der Waals surface area contributed by atoms with E-state index in [1.807, 2.05) is 6.07 Å². The van der Waals surface area contributed by atoms with E-state index in [0.29, 0.717) is 0 Å². The van der Waals surface area contributed by atoms with Crippen LogP contribution in [0.5, 0.6) is 0 Å². The van der Waals surface area contributed by atoms with E-state index in [2.05, 4.69) is 64.1 Å². The number of benzene rings is 2. The van der Waals surface area contributed by atoms with E-state index in [1.165, 1.54) is 42.7 Å². The topological polar surface area (TPSA) is 28.2 Å². The summed E-state index contributed by atoms with van der Waals surface area (Å²) >= 11 is 1.66. The van der Waals surface area contributed by atoms with Gasteiger partial charge in [-0.2, -0.15) is 0 Å². The molecule has 0 spiro atoms. The number of thiazole rings is 1. The van der Waals surface area contributed by atoms with Gasteiger partial charge < -0.3 is 10.2 Å². The van der Waals surface area contributed by atoms with Gasteiger partial charge in [0.05, 0.1) is 5.69 Å². The third-order valence-electron chi connectivity index (χ3n) is 4.43. The number of anilines is 2. The maximum absolute atomic E-state index is 4.72. The lowest BCUT2D eigenvalue weighted by atomic mass is 10.1. The molecule has 1 aromatic heterocycles. The molecule has 25 heavy (non-hydrogen) atoms. The van der Waals surface area contributed by atoms with Gasteiger partial charge in [-0.1, -0.05) is 42.5 Å². The highest BCUT2D eigenvalue weighted by Gasteiger charge is 2.12. The Kier molecular flexibility index (Phi) is 6.10. The van der Waals surface area contributed by atoms with E-state index >= 15 is 0 Å². The molecular weight excluding hydrogens is 394 g/mol. The van der Waals surface area contributed by atoms with Gasteiger partial charge >= 0.3 is 0 Å². The molecule has 1 aliphatic rings. The third-order valence-corrected chi connectivity index (χ3v) is 5.23. The fourth-order valence-electron chi connectivity index (χ4n) is 3.08. The normalized spacial score (nSPS) is 13.5. The Morgan fingerprint density at radius 3 is 2.40 bits per heavy atom. The predicted octanol–water partition coefficient (Wildman–Crippen LogP) is 5.60. The highest BCUT2D eigenvalue weighted by atomic mass is 79.9. The first-order chi connectivity index (χ1) is 11.9. The molecule has 5 heteroatoms. The quantitative estimate of drug-likeness (QED) is 0.587. The number of hydrogen-bond acceptors (Lipinski definition) is 4. The van der Waals surface area contributed by atoms with Gasteiger partial charge in [0, 0.05) is 36.3 Å². The Morgan fingerprint density at radius 2 is 1.68 bits per heavy atom. The largest absolute Gasteiger partial charge is 0.372 e. The maximum Gasteiger partial charge on any atom is 0.183 e. The van der Waals surface area contributed by atoms with Crippen molar-refractivity contribution in [1.29, 1.82) is 0 Å². The summed E-state index contributed by atoms with van der Waals surface area (Å²) in [4.78, 5) is 7.17. The molecule has 2 aromatic carbocycles. The molecule has 0 radical (unpaired) electrons. The average molecular weight is 416 g/mol. The summed E-state index contributed by atoms with van der Waals surface area (Å²) in [6, 6.07) is 19.2. The molecule has 0 bridgehead atoms. The Bertz CT molecular complexity index is 780. The minimum atomic E-state index is 0. The standard InChI is InChI=1S/C20H21N3S.BrH/c1-2-6-16(7-3-1)14-21-20-22-19(15-24-20)17-8-10-18(11-9-17)23-12-4-5-13-23;/h1-3,6-11,15H,4-5,12-14H2,(H,21,22);1H. The minimum Gasteiger partial charge on any atom is -0.372 e. The second kappa shape index (κ2) is 8.50. The zero-order chi connectivity index (χ0) is 16.2.